The highest BCUT2D eigenvalue weighted by Gasteiger charge is 2.22. The Morgan fingerprint density at radius 2 is 2.05 bits per heavy atom. The van der Waals surface area contributed by atoms with Gasteiger partial charge < -0.3 is 9.73 Å². The fourth-order valence-corrected chi connectivity index (χ4v) is 2.35. The van der Waals surface area contributed by atoms with E-state index >= 15 is 0 Å². The second kappa shape index (κ2) is 5.75. The number of primary sulfonamides is 1. The fraction of sp³-hybridized carbons (Fsp3) is 0.583. The highest BCUT2D eigenvalue weighted by Crippen LogP contribution is 2.19. The molecule has 7 heteroatoms. The number of sulfonamides is 1. The van der Waals surface area contributed by atoms with E-state index in [1.54, 1.807) is 0 Å². The third-order valence-electron chi connectivity index (χ3n) is 3.26. The van der Waals surface area contributed by atoms with Gasteiger partial charge in [-0.25, -0.2) is 13.6 Å². The number of hydrogen-bond acceptors (Lipinski definition) is 4. The van der Waals surface area contributed by atoms with E-state index in [2.05, 4.69) is 5.32 Å². The van der Waals surface area contributed by atoms with Crippen molar-refractivity contribution in [1.82, 2.24) is 5.32 Å². The maximum absolute atomic E-state index is 11.9. The molecule has 0 aliphatic rings. The van der Waals surface area contributed by atoms with Crippen molar-refractivity contribution in [2.45, 2.75) is 45.1 Å². The Kier molecular flexibility index (Phi) is 4.75. The van der Waals surface area contributed by atoms with Crippen molar-refractivity contribution in [3.05, 3.63) is 17.6 Å². The highest BCUT2D eigenvalue weighted by atomic mass is 32.2. The third kappa shape index (κ3) is 3.81. The largest absolute Gasteiger partial charge is 0.455 e. The number of carbonyl (C=O) groups excluding carboxylic acids is 1. The van der Waals surface area contributed by atoms with Crippen LogP contribution in [0.1, 0.15) is 43.5 Å². The van der Waals surface area contributed by atoms with Gasteiger partial charge in [0.05, 0.1) is 0 Å². The van der Waals surface area contributed by atoms with Crippen molar-refractivity contribution in [3.63, 3.8) is 0 Å². The fourth-order valence-electron chi connectivity index (χ4n) is 1.63. The lowest BCUT2D eigenvalue weighted by molar-refractivity contribution is 0.0898. The van der Waals surface area contributed by atoms with Crippen LogP contribution >= 0.6 is 0 Å². The summed E-state index contributed by atoms with van der Waals surface area (Å²) >= 11 is 0. The first-order valence-electron chi connectivity index (χ1n) is 6.10. The van der Waals surface area contributed by atoms with Gasteiger partial charge in [0.2, 0.25) is 10.0 Å². The molecule has 1 aromatic rings. The summed E-state index contributed by atoms with van der Waals surface area (Å²) in [5.41, 5.74) is 0. The summed E-state index contributed by atoms with van der Waals surface area (Å²) in [6, 6.07) is 1.13. The minimum Gasteiger partial charge on any atom is -0.455 e. The molecule has 108 valence electrons. The molecule has 0 bridgehead atoms. The Morgan fingerprint density at radius 1 is 1.47 bits per heavy atom. The summed E-state index contributed by atoms with van der Waals surface area (Å²) in [6.45, 7) is 7.40. The Balaban J connectivity index is 2.91. The molecule has 2 atom stereocenters. The van der Waals surface area contributed by atoms with Crippen molar-refractivity contribution >= 4 is 15.9 Å². The number of nitrogens with one attached hydrogen (secondary N) is 1. The van der Waals surface area contributed by atoms with Gasteiger partial charge in [-0.3, -0.25) is 4.79 Å². The smallest absolute Gasteiger partial charge is 0.287 e. The van der Waals surface area contributed by atoms with E-state index < -0.39 is 15.9 Å². The van der Waals surface area contributed by atoms with Crippen LogP contribution in [0.25, 0.3) is 0 Å². The van der Waals surface area contributed by atoms with E-state index in [-0.39, 0.29) is 22.5 Å². The predicted octanol–water partition coefficient (Wildman–Crippen LogP) is 1.40. The molecular formula is C12H20N2O4S. The molecule has 0 fully saturated rings. The van der Waals surface area contributed by atoms with Crippen LogP contribution in [-0.2, 0) is 10.0 Å². The molecule has 1 aromatic heterocycles. The summed E-state index contributed by atoms with van der Waals surface area (Å²) < 4.78 is 27.7. The standard InChI is InChI=1S/C12H20N2O4S/c1-5-7(2)8(3)14-12(15)10-6-11(9(4)18-10)19(13,16)17/h6-8H,5H2,1-4H3,(H,14,15)(H2,13,16,17). The highest BCUT2D eigenvalue weighted by molar-refractivity contribution is 7.89. The van der Waals surface area contributed by atoms with Crippen LogP contribution in [0.4, 0.5) is 0 Å². The van der Waals surface area contributed by atoms with Gasteiger partial charge in [0, 0.05) is 12.1 Å². The van der Waals surface area contributed by atoms with Crippen LogP contribution in [0.3, 0.4) is 0 Å². The average Bonchev–Trinajstić information content (AvgIpc) is 2.69. The van der Waals surface area contributed by atoms with Crippen molar-refractivity contribution in [2.24, 2.45) is 11.1 Å². The van der Waals surface area contributed by atoms with Crippen LogP contribution < -0.4 is 10.5 Å². The average molecular weight is 288 g/mol. The van der Waals surface area contributed by atoms with Crippen molar-refractivity contribution in [2.75, 3.05) is 0 Å². The monoisotopic (exact) mass is 288 g/mol. The number of rotatable bonds is 5. The van der Waals surface area contributed by atoms with E-state index in [0.717, 1.165) is 12.5 Å². The number of nitrogens with two attached hydrogens (primary N) is 1. The van der Waals surface area contributed by atoms with Gasteiger partial charge >= 0.3 is 0 Å². The number of furan rings is 1. The normalized spacial score (nSPS) is 15.0. The maximum atomic E-state index is 11.9. The SMILES string of the molecule is CCC(C)C(C)NC(=O)c1cc(S(N)(=O)=O)c(C)o1. The molecule has 19 heavy (non-hydrogen) atoms. The molecule has 0 aliphatic heterocycles. The number of carbonyl (C=O) groups is 1. The van der Waals surface area contributed by atoms with Crippen molar-refractivity contribution in [1.29, 1.82) is 0 Å². The van der Waals surface area contributed by atoms with Gasteiger partial charge in [0.1, 0.15) is 10.7 Å². The molecule has 1 amide bonds. The minimum atomic E-state index is -3.87. The molecule has 3 N–H and O–H groups in total. The van der Waals surface area contributed by atoms with Gasteiger partial charge in [-0.05, 0) is 19.8 Å². The Hall–Kier alpha value is -1.34. The number of amides is 1. The zero-order chi connectivity index (χ0) is 14.8. The lowest BCUT2D eigenvalue weighted by atomic mass is 10.0. The van der Waals surface area contributed by atoms with Crippen LogP contribution in [0.15, 0.2) is 15.4 Å². The van der Waals surface area contributed by atoms with Crippen molar-refractivity contribution < 1.29 is 17.6 Å². The first kappa shape index (κ1) is 15.7. The van der Waals surface area contributed by atoms with Crippen LogP contribution in [0.5, 0.6) is 0 Å². The Labute approximate surface area is 113 Å². The van der Waals surface area contributed by atoms with E-state index in [0.29, 0.717) is 5.92 Å². The lowest BCUT2D eigenvalue weighted by Gasteiger charge is -2.18. The lowest BCUT2D eigenvalue weighted by Crippen LogP contribution is -2.36. The van der Waals surface area contributed by atoms with Gasteiger partial charge in [-0.2, -0.15) is 0 Å². The quantitative estimate of drug-likeness (QED) is 0.854. The van der Waals surface area contributed by atoms with Crippen LogP contribution in [-0.4, -0.2) is 20.4 Å². The second-order valence-corrected chi connectivity index (χ2v) is 6.25. The van der Waals surface area contributed by atoms with Crippen molar-refractivity contribution in [3.8, 4) is 0 Å². The number of aryl methyl sites for hydroxylation is 1. The Morgan fingerprint density at radius 3 is 2.47 bits per heavy atom. The predicted molar refractivity (Wildman–Crippen MR) is 71.2 cm³/mol. The van der Waals surface area contributed by atoms with Gasteiger partial charge in [0.15, 0.2) is 5.76 Å². The molecular weight excluding hydrogens is 268 g/mol. The van der Waals surface area contributed by atoms with E-state index in [9.17, 15) is 13.2 Å². The molecule has 6 nitrogen and oxygen atoms in total. The van der Waals surface area contributed by atoms with Crippen LogP contribution in [0.2, 0.25) is 0 Å². The van der Waals surface area contributed by atoms with Gasteiger partial charge in [0.25, 0.3) is 5.91 Å². The molecule has 0 saturated heterocycles. The first-order valence-corrected chi connectivity index (χ1v) is 7.65. The van der Waals surface area contributed by atoms with Gasteiger partial charge in [-0.1, -0.05) is 20.3 Å². The molecule has 1 heterocycles. The molecule has 0 aromatic carbocycles. The third-order valence-corrected chi connectivity index (χ3v) is 4.28. The second-order valence-electron chi connectivity index (χ2n) is 4.72. The van der Waals surface area contributed by atoms with E-state index in [1.165, 1.54) is 6.92 Å². The summed E-state index contributed by atoms with van der Waals surface area (Å²) in [5.74, 6) is -0.0518. The molecule has 0 aliphatic carbocycles. The summed E-state index contributed by atoms with van der Waals surface area (Å²) in [4.78, 5) is 11.8. The zero-order valence-electron chi connectivity index (χ0n) is 11.6. The molecule has 1 rings (SSSR count). The summed E-state index contributed by atoms with van der Waals surface area (Å²) in [5, 5.41) is 7.79. The van der Waals surface area contributed by atoms with E-state index in [4.69, 9.17) is 9.56 Å². The van der Waals surface area contributed by atoms with E-state index in [1.807, 2.05) is 20.8 Å². The Bertz CT molecular complexity index is 562. The number of hydrogen-bond donors (Lipinski definition) is 2. The topological polar surface area (TPSA) is 102 Å². The molecule has 0 spiro atoms. The summed E-state index contributed by atoms with van der Waals surface area (Å²) in [7, 11) is -3.87. The minimum absolute atomic E-state index is 0.0270. The molecule has 0 saturated carbocycles. The van der Waals surface area contributed by atoms with Gasteiger partial charge in [-0.15, -0.1) is 0 Å². The zero-order valence-corrected chi connectivity index (χ0v) is 12.4. The molecule has 2 unspecified atom stereocenters. The molecule has 0 radical (unpaired) electrons. The van der Waals surface area contributed by atoms with Crippen LogP contribution in [0, 0.1) is 12.8 Å². The summed E-state index contributed by atoms with van der Waals surface area (Å²) in [6.07, 6.45) is 0.932. The maximum Gasteiger partial charge on any atom is 0.287 e. The first-order chi connectivity index (χ1) is 8.66.